The molecule has 0 bridgehead atoms. The van der Waals surface area contributed by atoms with Crippen molar-refractivity contribution >= 4 is 22.2 Å². The molecular formula is C25H28N4O2. The summed E-state index contributed by atoms with van der Waals surface area (Å²) < 4.78 is 7.80. The van der Waals surface area contributed by atoms with E-state index in [9.17, 15) is 4.79 Å². The smallest absolute Gasteiger partial charge is 0.344 e. The van der Waals surface area contributed by atoms with Crippen LogP contribution in [0.4, 0.5) is 5.69 Å². The molecule has 0 unspecified atom stereocenters. The lowest BCUT2D eigenvalue weighted by Gasteiger charge is -2.19. The highest BCUT2D eigenvalue weighted by atomic mass is 16.4. The zero-order chi connectivity index (χ0) is 21.7. The maximum atomic E-state index is 12.9. The minimum Gasteiger partial charge on any atom is -0.422 e. The second kappa shape index (κ2) is 7.54. The maximum absolute atomic E-state index is 12.9. The van der Waals surface area contributed by atoms with Gasteiger partial charge < -0.3 is 19.0 Å². The van der Waals surface area contributed by atoms with Gasteiger partial charge in [-0.1, -0.05) is 6.92 Å². The molecular weight excluding hydrogens is 388 g/mol. The topological polar surface area (TPSA) is 62.8 Å². The Morgan fingerprint density at radius 2 is 2.00 bits per heavy atom. The summed E-state index contributed by atoms with van der Waals surface area (Å²) in [7, 11) is 2.00. The summed E-state index contributed by atoms with van der Waals surface area (Å²) in [5.74, 6) is 1.25. The van der Waals surface area contributed by atoms with Crippen LogP contribution in [0.5, 0.6) is 0 Å². The van der Waals surface area contributed by atoms with Crippen LogP contribution in [0.2, 0.25) is 0 Å². The Balaban J connectivity index is 1.52. The van der Waals surface area contributed by atoms with Crippen LogP contribution < -0.4 is 15.8 Å². The van der Waals surface area contributed by atoms with Crippen LogP contribution in [0, 0.1) is 25.7 Å². The highest BCUT2D eigenvalue weighted by Gasteiger charge is 2.29. The molecule has 0 radical (unpaired) electrons. The van der Waals surface area contributed by atoms with Gasteiger partial charge in [-0.2, -0.15) is 0 Å². The molecule has 1 aliphatic heterocycles. The zero-order valence-corrected chi connectivity index (χ0v) is 18.5. The van der Waals surface area contributed by atoms with E-state index < -0.39 is 0 Å². The van der Waals surface area contributed by atoms with Crippen molar-refractivity contribution < 1.29 is 4.42 Å². The molecule has 1 saturated heterocycles. The first-order valence-electron chi connectivity index (χ1n) is 10.9. The first kappa shape index (κ1) is 19.8. The van der Waals surface area contributed by atoms with Gasteiger partial charge in [-0.25, -0.2) is 4.79 Å². The van der Waals surface area contributed by atoms with Crippen LogP contribution in [0.25, 0.3) is 27.6 Å². The summed E-state index contributed by atoms with van der Waals surface area (Å²) in [6, 6.07) is 10.1. The third-order valence-electron chi connectivity index (χ3n) is 6.52. The molecule has 4 aromatic rings. The normalized spacial score (nSPS) is 19.0. The number of hydrogen-bond donors (Lipinski definition) is 1. The van der Waals surface area contributed by atoms with E-state index in [4.69, 9.17) is 4.42 Å². The molecule has 31 heavy (non-hydrogen) atoms. The van der Waals surface area contributed by atoms with Gasteiger partial charge >= 0.3 is 5.63 Å². The molecule has 6 heteroatoms. The molecule has 3 aromatic heterocycles. The predicted octanol–water partition coefficient (Wildman–Crippen LogP) is 4.02. The van der Waals surface area contributed by atoms with E-state index in [2.05, 4.69) is 34.3 Å². The van der Waals surface area contributed by atoms with E-state index >= 15 is 0 Å². The minimum atomic E-state index is -0.314. The van der Waals surface area contributed by atoms with Crippen LogP contribution in [-0.4, -0.2) is 36.1 Å². The van der Waals surface area contributed by atoms with Gasteiger partial charge in [0.05, 0.1) is 22.5 Å². The van der Waals surface area contributed by atoms with Crippen LogP contribution in [0.3, 0.4) is 0 Å². The van der Waals surface area contributed by atoms with Crippen molar-refractivity contribution in [2.45, 2.75) is 20.8 Å². The summed E-state index contributed by atoms with van der Waals surface area (Å²) in [4.78, 5) is 19.8. The van der Waals surface area contributed by atoms with Gasteiger partial charge in [0.2, 0.25) is 0 Å². The number of aromatic nitrogens is 2. The molecule has 0 saturated carbocycles. The Labute approximate surface area is 181 Å². The van der Waals surface area contributed by atoms with E-state index in [0.717, 1.165) is 53.2 Å². The molecule has 160 valence electrons. The SMILES string of the molecule is CNC[C@@H]1CN(c2ccc3cc(-c4cc5c(C)nc(C)cn5c4)c(=O)oc3c2)C[C@@H]1C. The number of nitrogens with one attached hydrogen (secondary N) is 1. The van der Waals surface area contributed by atoms with Gasteiger partial charge in [-0.3, -0.25) is 4.98 Å². The van der Waals surface area contributed by atoms with Crippen molar-refractivity contribution in [3.63, 3.8) is 0 Å². The molecule has 1 fully saturated rings. The third-order valence-corrected chi connectivity index (χ3v) is 6.52. The highest BCUT2D eigenvalue weighted by Crippen LogP contribution is 2.31. The predicted molar refractivity (Wildman–Crippen MR) is 125 cm³/mol. The highest BCUT2D eigenvalue weighted by molar-refractivity contribution is 5.85. The number of rotatable bonds is 4. The molecule has 5 rings (SSSR count). The number of hydrogen-bond acceptors (Lipinski definition) is 5. The summed E-state index contributed by atoms with van der Waals surface area (Å²) in [5, 5.41) is 4.22. The van der Waals surface area contributed by atoms with Gasteiger partial charge in [0.15, 0.2) is 0 Å². The lowest BCUT2D eigenvalue weighted by atomic mass is 9.98. The monoisotopic (exact) mass is 416 g/mol. The maximum Gasteiger partial charge on any atom is 0.344 e. The van der Waals surface area contributed by atoms with Crippen molar-refractivity contribution in [3.05, 3.63) is 64.5 Å². The standard InChI is InChI=1S/C25H28N4O2/c1-15-11-28(14-20(15)10-26-4)21-6-5-18-7-22(25(30)31-24(18)9-21)19-8-23-17(3)27-16(2)12-29(23)13-19/h5-9,12-13,15,20,26H,10-11,14H2,1-4H3/t15-,20+/m0/s1. The van der Waals surface area contributed by atoms with E-state index in [-0.39, 0.29) is 5.63 Å². The third kappa shape index (κ3) is 3.51. The molecule has 0 amide bonds. The lowest BCUT2D eigenvalue weighted by molar-refractivity contribution is 0.435. The fourth-order valence-corrected chi connectivity index (χ4v) is 4.85. The first-order valence-corrected chi connectivity index (χ1v) is 10.9. The van der Waals surface area contributed by atoms with Gasteiger partial charge in [-0.05, 0) is 63.5 Å². The number of anilines is 1. The van der Waals surface area contributed by atoms with E-state index in [0.29, 0.717) is 23.0 Å². The molecule has 0 aliphatic carbocycles. The largest absolute Gasteiger partial charge is 0.422 e. The molecule has 2 atom stereocenters. The van der Waals surface area contributed by atoms with Crippen LogP contribution in [0.1, 0.15) is 18.3 Å². The second-order valence-corrected chi connectivity index (χ2v) is 8.86. The zero-order valence-electron chi connectivity index (χ0n) is 18.5. The van der Waals surface area contributed by atoms with Crippen molar-refractivity contribution in [2.24, 2.45) is 11.8 Å². The quantitative estimate of drug-likeness (QED) is 0.509. The van der Waals surface area contributed by atoms with Crippen LogP contribution >= 0.6 is 0 Å². The van der Waals surface area contributed by atoms with Crippen molar-refractivity contribution in [2.75, 3.05) is 31.6 Å². The Morgan fingerprint density at radius 1 is 1.16 bits per heavy atom. The molecule has 4 heterocycles. The Kier molecular flexibility index (Phi) is 4.82. The van der Waals surface area contributed by atoms with Crippen molar-refractivity contribution in [1.29, 1.82) is 0 Å². The van der Waals surface area contributed by atoms with E-state index in [1.165, 1.54) is 0 Å². The number of aryl methyl sites for hydroxylation is 2. The summed E-state index contributed by atoms with van der Waals surface area (Å²) >= 11 is 0. The Morgan fingerprint density at radius 3 is 2.81 bits per heavy atom. The summed E-state index contributed by atoms with van der Waals surface area (Å²) in [6.45, 7) is 9.30. The van der Waals surface area contributed by atoms with Crippen molar-refractivity contribution in [3.8, 4) is 11.1 Å². The van der Waals surface area contributed by atoms with E-state index in [1.807, 2.05) is 55.9 Å². The fourth-order valence-electron chi connectivity index (χ4n) is 4.85. The first-order chi connectivity index (χ1) is 14.9. The summed E-state index contributed by atoms with van der Waals surface area (Å²) in [6.07, 6.45) is 3.94. The second-order valence-electron chi connectivity index (χ2n) is 8.86. The van der Waals surface area contributed by atoms with Gasteiger partial charge in [0.25, 0.3) is 0 Å². The molecule has 1 N–H and O–H groups in total. The minimum absolute atomic E-state index is 0.314. The average Bonchev–Trinajstić information content (AvgIpc) is 3.31. The van der Waals surface area contributed by atoms with Gasteiger partial charge in [0.1, 0.15) is 5.58 Å². The van der Waals surface area contributed by atoms with Crippen LogP contribution in [-0.2, 0) is 0 Å². The molecule has 1 aromatic carbocycles. The molecule has 6 nitrogen and oxygen atoms in total. The van der Waals surface area contributed by atoms with E-state index in [1.54, 1.807) is 0 Å². The number of fused-ring (bicyclic) bond motifs is 2. The van der Waals surface area contributed by atoms with Gasteiger partial charge in [-0.15, -0.1) is 0 Å². The molecule has 1 aliphatic rings. The van der Waals surface area contributed by atoms with Crippen LogP contribution in [0.15, 0.2) is 51.9 Å². The number of nitrogens with zero attached hydrogens (tertiary/aromatic N) is 3. The van der Waals surface area contributed by atoms with Gasteiger partial charge in [0, 0.05) is 48.2 Å². The summed E-state index contributed by atoms with van der Waals surface area (Å²) in [5.41, 5.74) is 5.73. The Bertz CT molecular complexity index is 1340. The Hall–Kier alpha value is -3.12. The lowest BCUT2D eigenvalue weighted by Crippen LogP contribution is -2.25. The fraction of sp³-hybridized carbons (Fsp3) is 0.360. The number of benzene rings is 1. The van der Waals surface area contributed by atoms with Crippen molar-refractivity contribution in [1.82, 2.24) is 14.7 Å². The average molecular weight is 417 g/mol. The molecule has 0 spiro atoms.